The fraction of sp³-hybridized carbons (Fsp3) is 0. The van der Waals surface area contributed by atoms with Gasteiger partial charge in [0, 0.05) is 16.4 Å². The van der Waals surface area contributed by atoms with Gasteiger partial charge in [-0.1, -0.05) is 23.7 Å². The molecule has 0 saturated carbocycles. The van der Waals surface area contributed by atoms with E-state index in [0.29, 0.717) is 16.9 Å². The maximum absolute atomic E-state index is 12.0. The van der Waals surface area contributed by atoms with Gasteiger partial charge in [-0.3, -0.25) is 4.79 Å². The Morgan fingerprint density at radius 2 is 1.85 bits per heavy atom. The Bertz CT molecular complexity index is 686. The van der Waals surface area contributed by atoms with Crippen LogP contribution in [0.1, 0.15) is 20.7 Å². The molecule has 0 aliphatic rings. The van der Waals surface area contributed by atoms with E-state index in [4.69, 9.17) is 22.4 Å². The first kappa shape index (κ1) is 13.9. The summed E-state index contributed by atoms with van der Waals surface area (Å²) in [5, 5.41) is 11.7. The number of aromatic carboxylic acids is 1. The summed E-state index contributed by atoms with van der Waals surface area (Å²) in [4.78, 5) is 23.0. The number of nitrogens with two attached hydrogens (primary N) is 1. The van der Waals surface area contributed by atoms with Gasteiger partial charge in [0.2, 0.25) is 0 Å². The first-order chi connectivity index (χ1) is 9.47. The average molecular weight is 291 g/mol. The van der Waals surface area contributed by atoms with Crippen LogP contribution in [0.3, 0.4) is 0 Å². The molecule has 0 unspecified atom stereocenters. The van der Waals surface area contributed by atoms with E-state index < -0.39 is 11.9 Å². The molecule has 0 aromatic heterocycles. The van der Waals surface area contributed by atoms with Gasteiger partial charge in [0.05, 0.1) is 11.1 Å². The molecule has 2 rings (SSSR count). The van der Waals surface area contributed by atoms with Crippen LogP contribution < -0.4 is 11.1 Å². The molecule has 0 bridgehead atoms. The fourth-order valence-corrected chi connectivity index (χ4v) is 1.92. The lowest BCUT2D eigenvalue weighted by Gasteiger charge is -2.08. The summed E-state index contributed by atoms with van der Waals surface area (Å²) in [5.74, 6) is -1.55. The van der Waals surface area contributed by atoms with Crippen molar-refractivity contribution < 1.29 is 14.7 Å². The normalized spacial score (nSPS) is 10.1. The molecule has 0 aliphatic carbocycles. The molecule has 0 saturated heterocycles. The smallest absolute Gasteiger partial charge is 0.335 e. The minimum Gasteiger partial charge on any atom is -0.478 e. The van der Waals surface area contributed by atoms with Gasteiger partial charge in [-0.05, 0) is 30.3 Å². The lowest BCUT2D eigenvalue weighted by atomic mass is 10.1. The van der Waals surface area contributed by atoms with E-state index in [1.165, 1.54) is 18.2 Å². The first-order valence-electron chi connectivity index (χ1n) is 5.67. The number of hydrogen-bond acceptors (Lipinski definition) is 3. The van der Waals surface area contributed by atoms with E-state index >= 15 is 0 Å². The fourth-order valence-electron chi connectivity index (χ4n) is 1.69. The van der Waals surface area contributed by atoms with Gasteiger partial charge in [0.15, 0.2) is 0 Å². The van der Waals surface area contributed by atoms with Crippen molar-refractivity contribution in [1.29, 1.82) is 0 Å². The molecule has 0 aliphatic heterocycles. The number of rotatable bonds is 3. The molecule has 6 heteroatoms. The summed E-state index contributed by atoms with van der Waals surface area (Å²) in [7, 11) is 0. The summed E-state index contributed by atoms with van der Waals surface area (Å²) < 4.78 is 0. The van der Waals surface area contributed by atoms with Crippen LogP contribution >= 0.6 is 11.6 Å². The number of hydrogen-bond donors (Lipinski definition) is 3. The molecule has 0 atom stereocenters. The Kier molecular flexibility index (Phi) is 3.91. The molecule has 2 aromatic carbocycles. The molecule has 0 spiro atoms. The van der Waals surface area contributed by atoms with Crippen molar-refractivity contribution in [3.8, 4) is 0 Å². The number of nitrogens with one attached hydrogen (secondary N) is 1. The lowest BCUT2D eigenvalue weighted by Crippen LogP contribution is -2.14. The Balaban J connectivity index is 2.28. The zero-order valence-electron chi connectivity index (χ0n) is 10.3. The minimum absolute atomic E-state index is 0.00571. The topological polar surface area (TPSA) is 92.4 Å². The maximum atomic E-state index is 12.0. The molecular formula is C14H11ClN2O3. The molecule has 2 aromatic rings. The van der Waals surface area contributed by atoms with Gasteiger partial charge in [-0.25, -0.2) is 4.79 Å². The SMILES string of the molecule is Nc1ccccc1C(=O)Nc1cc(Cl)cc(C(=O)O)c1. The third kappa shape index (κ3) is 3.07. The van der Waals surface area contributed by atoms with Gasteiger partial charge in [-0.15, -0.1) is 0 Å². The Hall–Kier alpha value is -2.53. The van der Waals surface area contributed by atoms with Crippen LogP contribution in [0.15, 0.2) is 42.5 Å². The Morgan fingerprint density at radius 3 is 2.50 bits per heavy atom. The summed E-state index contributed by atoms with van der Waals surface area (Å²) >= 11 is 5.82. The number of anilines is 2. The maximum Gasteiger partial charge on any atom is 0.335 e. The number of amides is 1. The number of para-hydroxylation sites is 1. The van der Waals surface area contributed by atoms with Crippen molar-refractivity contribution in [3.05, 3.63) is 58.6 Å². The standard InChI is InChI=1S/C14H11ClN2O3/c15-9-5-8(14(19)20)6-10(7-9)17-13(18)11-3-1-2-4-12(11)16/h1-7H,16H2,(H,17,18)(H,19,20). The average Bonchev–Trinajstić information content (AvgIpc) is 2.38. The largest absolute Gasteiger partial charge is 0.478 e. The quantitative estimate of drug-likeness (QED) is 0.758. The number of benzene rings is 2. The number of carbonyl (C=O) groups excluding carboxylic acids is 1. The van der Waals surface area contributed by atoms with E-state index in [1.54, 1.807) is 24.3 Å². The predicted octanol–water partition coefficient (Wildman–Crippen LogP) is 2.87. The predicted molar refractivity (Wildman–Crippen MR) is 77.2 cm³/mol. The third-order valence-electron chi connectivity index (χ3n) is 2.61. The van der Waals surface area contributed by atoms with Crippen LogP contribution in [0.5, 0.6) is 0 Å². The number of carboxylic acids is 1. The van der Waals surface area contributed by atoms with Crippen LogP contribution in [0.4, 0.5) is 11.4 Å². The van der Waals surface area contributed by atoms with Crippen LogP contribution in [0, 0.1) is 0 Å². The zero-order valence-corrected chi connectivity index (χ0v) is 11.0. The van der Waals surface area contributed by atoms with E-state index in [0.717, 1.165) is 0 Å². The number of nitrogen functional groups attached to an aromatic ring is 1. The summed E-state index contributed by atoms with van der Waals surface area (Å²) in [5.41, 5.74) is 6.64. The van der Waals surface area contributed by atoms with E-state index in [9.17, 15) is 9.59 Å². The molecule has 4 N–H and O–H groups in total. The van der Waals surface area contributed by atoms with Crippen molar-refractivity contribution in [2.75, 3.05) is 11.1 Å². The molecule has 102 valence electrons. The number of carboxylic acid groups (broad SMARTS) is 1. The molecular weight excluding hydrogens is 280 g/mol. The van der Waals surface area contributed by atoms with Gasteiger partial charge < -0.3 is 16.2 Å². The molecule has 0 heterocycles. The van der Waals surface area contributed by atoms with Gasteiger partial charge in [0.1, 0.15) is 0 Å². The van der Waals surface area contributed by atoms with Crippen LogP contribution in [0.2, 0.25) is 5.02 Å². The monoisotopic (exact) mass is 290 g/mol. The summed E-state index contributed by atoms with van der Waals surface area (Å²) in [6, 6.07) is 10.7. The van der Waals surface area contributed by atoms with Gasteiger partial charge >= 0.3 is 5.97 Å². The summed E-state index contributed by atoms with van der Waals surface area (Å²) in [6.07, 6.45) is 0. The highest BCUT2D eigenvalue weighted by molar-refractivity contribution is 6.31. The van der Waals surface area contributed by atoms with E-state index in [-0.39, 0.29) is 10.6 Å². The van der Waals surface area contributed by atoms with Crippen molar-refractivity contribution in [2.24, 2.45) is 0 Å². The summed E-state index contributed by atoms with van der Waals surface area (Å²) in [6.45, 7) is 0. The zero-order chi connectivity index (χ0) is 14.7. The minimum atomic E-state index is -1.12. The first-order valence-corrected chi connectivity index (χ1v) is 6.05. The highest BCUT2D eigenvalue weighted by Crippen LogP contribution is 2.21. The second-order valence-corrected chi connectivity index (χ2v) is 4.51. The van der Waals surface area contributed by atoms with Gasteiger partial charge in [0.25, 0.3) is 5.91 Å². The Morgan fingerprint density at radius 1 is 1.15 bits per heavy atom. The van der Waals surface area contributed by atoms with Crippen molar-refractivity contribution in [1.82, 2.24) is 0 Å². The van der Waals surface area contributed by atoms with E-state index in [2.05, 4.69) is 5.32 Å². The van der Waals surface area contributed by atoms with Crippen LogP contribution in [-0.2, 0) is 0 Å². The van der Waals surface area contributed by atoms with Crippen molar-refractivity contribution in [2.45, 2.75) is 0 Å². The highest BCUT2D eigenvalue weighted by Gasteiger charge is 2.11. The molecule has 1 amide bonds. The van der Waals surface area contributed by atoms with Crippen molar-refractivity contribution >= 4 is 34.9 Å². The second-order valence-electron chi connectivity index (χ2n) is 4.08. The van der Waals surface area contributed by atoms with Crippen LogP contribution in [-0.4, -0.2) is 17.0 Å². The Labute approximate surface area is 120 Å². The molecule has 20 heavy (non-hydrogen) atoms. The highest BCUT2D eigenvalue weighted by atomic mass is 35.5. The van der Waals surface area contributed by atoms with Crippen LogP contribution in [0.25, 0.3) is 0 Å². The number of carbonyl (C=O) groups is 2. The van der Waals surface area contributed by atoms with Crippen molar-refractivity contribution in [3.63, 3.8) is 0 Å². The van der Waals surface area contributed by atoms with E-state index in [1.807, 2.05) is 0 Å². The molecule has 0 radical (unpaired) electrons. The van der Waals surface area contributed by atoms with Gasteiger partial charge in [-0.2, -0.15) is 0 Å². The second kappa shape index (κ2) is 5.63. The molecule has 5 nitrogen and oxygen atoms in total. The lowest BCUT2D eigenvalue weighted by molar-refractivity contribution is 0.0696. The third-order valence-corrected chi connectivity index (χ3v) is 2.83. The molecule has 0 fully saturated rings. The number of halogens is 1.